The number of benzene rings is 1. The first kappa shape index (κ1) is 11.1. The minimum absolute atomic E-state index is 0.215. The smallest absolute Gasteiger partial charge is 0.319 e. The van der Waals surface area contributed by atoms with Crippen LogP contribution < -0.4 is 10.6 Å². The number of hydrogen-bond acceptors (Lipinski definition) is 2. The lowest BCUT2D eigenvalue weighted by molar-refractivity contribution is 0.253. The second-order valence-corrected chi connectivity index (χ2v) is 3.12. The van der Waals surface area contributed by atoms with E-state index in [1.165, 1.54) is 0 Å². The third-order valence-electron chi connectivity index (χ3n) is 1.86. The molecule has 3 N–H and O–H groups in total. The predicted octanol–water partition coefficient (Wildman–Crippen LogP) is 2.01. The summed E-state index contributed by atoms with van der Waals surface area (Å²) < 4.78 is 0. The van der Waals surface area contributed by atoms with Crippen LogP contribution in [0, 0.1) is 6.92 Å². The normalized spacial score (nSPS) is 9.40. The van der Waals surface area contributed by atoms with Gasteiger partial charge in [-0.15, -0.1) is 6.58 Å². The summed E-state index contributed by atoms with van der Waals surface area (Å²) in [5, 5.41) is 14.5. The van der Waals surface area contributed by atoms with Gasteiger partial charge >= 0.3 is 6.03 Å². The number of carbonyl (C=O) groups is 1. The van der Waals surface area contributed by atoms with Crippen molar-refractivity contribution < 1.29 is 9.90 Å². The summed E-state index contributed by atoms with van der Waals surface area (Å²) in [5.41, 5.74) is 1.36. The van der Waals surface area contributed by atoms with Crippen LogP contribution in [0.2, 0.25) is 0 Å². The van der Waals surface area contributed by atoms with Crippen LogP contribution in [0.15, 0.2) is 30.9 Å². The van der Waals surface area contributed by atoms with Gasteiger partial charge < -0.3 is 15.7 Å². The molecule has 0 saturated heterocycles. The van der Waals surface area contributed by atoms with E-state index in [-0.39, 0.29) is 11.8 Å². The van der Waals surface area contributed by atoms with Crippen molar-refractivity contribution in [1.82, 2.24) is 5.32 Å². The van der Waals surface area contributed by atoms with Crippen LogP contribution in [-0.2, 0) is 0 Å². The van der Waals surface area contributed by atoms with Crippen molar-refractivity contribution in [1.29, 1.82) is 0 Å². The van der Waals surface area contributed by atoms with Crippen molar-refractivity contribution in [3.8, 4) is 5.75 Å². The molecular formula is C11H14N2O2. The number of anilines is 1. The topological polar surface area (TPSA) is 61.4 Å². The summed E-state index contributed by atoms with van der Waals surface area (Å²) >= 11 is 0. The molecule has 0 spiro atoms. The molecule has 1 aromatic rings. The number of amides is 2. The number of aromatic hydroxyl groups is 1. The van der Waals surface area contributed by atoms with Gasteiger partial charge in [-0.2, -0.15) is 0 Å². The monoisotopic (exact) mass is 206 g/mol. The molecule has 0 unspecified atom stereocenters. The number of urea groups is 1. The van der Waals surface area contributed by atoms with E-state index in [9.17, 15) is 9.90 Å². The van der Waals surface area contributed by atoms with Crippen molar-refractivity contribution in [3.63, 3.8) is 0 Å². The Morgan fingerprint density at radius 3 is 2.93 bits per heavy atom. The number of phenols is 1. The first-order valence-electron chi connectivity index (χ1n) is 4.59. The summed E-state index contributed by atoms with van der Waals surface area (Å²) in [7, 11) is 0. The van der Waals surface area contributed by atoms with E-state index < -0.39 is 0 Å². The third-order valence-corrected chi connectivity index (χ3v) is 1.86. The number of nitrogens with one attached hydrogen (secondary N) is 2. The molecule has 4 nitrogen and oxygen atoms in total. The standard InChI is InChI=1S/C11H14N2O2/c1-3-6-12-11(15)13-9-4-5-10(14)8(2)7-9/h3-5,7,14H,1,6H2,2H3,(H2,12,13,15). The Balaban J connectivity index is 2.60. The fourth-order valence-corrected chi connectivity index (χ4v) is 1.07. The van der Waals surface area contributed by atoms with Crippen LogP contribution in [0.1, 0.15) is 5.56 Å². The fourth-order valence-electron chi connectivity index (χ4n) is 1.07. The van der Waals surface area contributed by atoms with E-state index in [0.717, 1.165) is 5.56 Å². The van der Waals surface area contributed by atoms with E-state index in [2.05, 4.69) is 17.2 Å². The van der Waals surface area contributed by atoms with Gasteiger partial charge in [-0.05, 0) is 30.7 Å². The molecule has 0 aliphatic carbocycles. The molecule has 4 heteroatoms. The molecule has 1 rings (SSSR count). The predicted molar refractivity (Wildman–Crippen MR) is 60.1 cm³/mol. The van der Waals surface area contributed by atoms with Gasteiger partial charge in [0, 0.05) is 12.2 Å². The summed E-state index contributed by atoms with van der Waals surface area (Å²) in [6, 6.07) is 4.58. The van der Waals surface area contributed by atoms with Crippen molar-refractivity contribution in [2.75, 3.05) is 11.9 Å². The Kier molecular flexibility index (Phi) is 3.74. The quantitative estimate of drug-likeness (QED) is 0.523. The Morgan fingerprint density at radius 1 is 1.60 bits per heavy atom. The molecule has 0 aliphatic rings. The van der Waals surface area contributed by atoms with E-state index in [0.29, 0.717) is 12.2 Å². The molecule has 0 radical (unpaired) electrons. The number of carbonyl (C=O) groups excluding carboxylic acids is 1. The lowest BCUT2D eigenvalue weighted by Crippen LogP contribution is -2.28. The Morgan fingerprint density at radius 2 is 2.33 bits per heavy atom. The van der Waals surface area contributed by atoms with Gasteiger partial charge in [-0.1, -0.05) is 6.08 Å². The Labute approximate surface area is 88.6 Å². The Bertz CT molecular complexity index is 375. The largest absolute Gasteiger partial charge is 0.508 e. The van der Waals surface area contributed by atoms with Crippen molar-refractivity contribution in [2.45, 2.75) is 6.92 Å². The molecule has 0 fully saturated rings. The van der Waals surface area contributed by atoms with Crippen LogP contribution >= 0.6 is 0 Å². The van der Waals surface area contributed by atoms with Gasteiger partial charge in [0.1, 0.15) is 5.75 Å². The first-order valence-corrected chi connectivity index (χ1v) is 4.59. The zero-order valence-electron chi connectivity index (χ0n) is 8.58. The number of phenolic OH excluding ortho intramolecular Hbond substituents is 1. The lowest BCUT2D eigenvalue weighted by Gasteiger charge is -2.07. The average Bonchev–Trinajstić information content (AvgIpc) is 2.20. The Hall–Kier alpha value is -1.97. The molecule has 2 amide bonds. The van der Waals surface area contributed by atoms with Gasteiger partial charge in [0.25, 0.3) is 0 Å². The molecule has 0 heterocycles. The number of aryl methyl sites for hydroxylation is 1. The van der Waals surface area contributed by atoms with Gasteiger partial charge in [0.15, 0.2) is 0 Å². The van der Waals surface area contributed by atoms with Crippen LogP contribution in [0.5, 0.6) is 5.75 Å². The summed E-state index contributed by atoms with van der Waals surface area (Å²) in [5.74, 6) is 0.215. The van der Waals surface area contributed by atoms with Gasteiger partial charge in [-0.25, -0.2) is 4.79 Å². The molecule has 0 aromatic heterocycles. The molecule has 0 saturated carbocycles. The maximum atomic E-state index is 11.2. The van der Waals surface area contributed by atoms with Crippen LogP contribution in [0.3, 0.4) is 0 Å². The highest BCUT2D eigenvalue weighted by molar-refractivity contribution is 5.89. The first-order chi connectivity index (χ1) is 7.13. The zero-order chi connectivity index (χ0) is 11.3. The number of hydrogen-bond donors (Lipinski definition) is 3. The highest BCUT2D eigenvalue weighted by atomic mass is 16.3. The van der Waals surface area contributed by atoms with Crippen LogP contribution in [0.25, 0.3) is 0 Å². The van der Waals surface area contributed by atoms with Crippen LogP contribution in [0.4, 0.5) is 10.5 Å². The van der Waals surface area contributed by atoms with Crippen molar-refractivity contribution in [3.05, 3.63) is 36.4 Å². The molecular weight excluding hydrogens is 192 g/mol. The van der Waals surface area contributed by atoms with Gasteiger partial charge in [0.05, 0.1) is 0 Å². The summed E-state index contributed by atoms with van der Waals surface area (Å²) in [4.78, 5) is 11.2. The van der Waals surface area contributed by atoms with Gasteiger partial charge in [-0.3, -0.25) is 0 Å². The van der Waals surface area contributed by atoms with Crippen molar-refractivity contribution in [2.24, 2.45) is 0 Å². The maximum absolute atomic E-state index is 11.2. The van der Waals surface area contributed by atoms with Gasteiger partial charge in [0.2, 0.25) is 0 Å². The average molecular weight is 206 g/mol. The van der Waals surface area contributed by atoms with E-state index in [4.69, 9.17) is 0 Å². The highest BCUT2D eigenvalue weighted by Crippen LogP contribution is 2.19. The lowest BCUT2D eigenvalue weighted by atomic mass is 10.2. The van der Waals surface area contributed by atoms with E-state index >= 15 is 0 Å². The molecule has 0 atom stereocenters. The minimum Gasteiger partial charge on any atom is -0.508 e. The minimum atomic E-state index is -0.292. The third kappa shape index (κ3) is 3.34. The highest BCUT2D eigenvalue weighted by Gasteiger charge is 2.01. The summed E-state index contributed by atoms with van der Waals surface area (Å²) in [6.45, 7) is 5.68. The number of rotatable bonds is 3. The zero-order valence-corrected chi connectivity index (χ0v) is 8.58. The maximum Gasteiger partial charge on any atom is 0.319 e. The SMILES string of the molecule is C=CCNC(=O)Nc1ccc(O)c(C)c1. The molecule has 15 heavy (non-hydrogen) atoms. The molecule has 0 aliphatic heterocycles. The molecule has 0 bridgehead atoms. The van der Waals surface area contributed by atoms with E-state index in [1.807, 2.05) is 0 Å². The van der Waals surface area contributed by atoms with Crippen molar-refractivity contribution >= 4 is 11.7 Å². The fraction of sp³-hybridized carbons (Fsp3) is 0.182. The second kappa shape index (κ2) is 5.05. The van der Waals surface area contributed by atoms with Crippen LogP contribution in [-0.4, -0.2) is 17.7 Å². The molecule has 80 valence electrons. The summed E-state index contributed by atoms with van der Waals surface area (Å²) in [6.07, 6.45) is 1.60. The van der Waals surface area contributed by atoms with E-state index in [1.54, 1.807) is 31.2 Å². The molecule has 1 aromatic carbocycles. The second-order valence-electron chi connectivity index (χ2n) is 3.12.